The number of carbonyl (C=O) groups excluding carboxylic acids is 1. The van der Waals surface area contributed by atoms with Crippen LogP contribution in [0.5, 0.6) is 0 Å². The second-order valence-corrected chi connectivity index (χ2v) is 4.04. The van der Waals surface area contributed by atoms with E-state index < -0.39 is 11.9 Å². The van der Waals surface area contributed by atoms with Gasteiger partial charge in [-0.1, -0.05) is 11.6 Å². The molecule has 2 aromatic heterocycles. The van der Waals surface area contributed by atoms with Gasteiger partial charge < -0.3 is 5.32 Å². The summed E-state index contributed by atoms with van der Waals surface area (Å²) >= 11 is 6.52. The fourth-order valence-corrected chi connectivity index (χ4v) is 1.66. The number of hydrogen-bond acceptors (Lipinski definition) is 4. The van der Waals surface area contributed by atoms with Crippen LogP contribution in [0.2, 0.25) is 5.15 Å². The van der Waals surface area contributed by atoms with Gasteiger partial charge in [-0.05, 0) is 12.1 Å². The van der Waals surface area contributed by atoms with Gasteiger partial charge in [0.05, 0.1) is 11.9 Å². The molecule has 16 heavy (non-hydrogen) atoms. The van der Waals surface area contributed by atoms with Crippen LogP contribution < -0.4 is 5.32 Å². The molecule has 0 aliphatic heterocycles. The first kappa shape index (κ1) is 11.0. The highest BCUT2D eigenvalue weighted by molar-refractivity contribution is 7.11. The molecule has 7 heteroatoms. The monoisotopic (exact) mass is 257 g/mol. The lowest BCUT2D eigenvalue weighted by molar-refractivity contribution is 0.102. The van der Waals surface area contributed by atoms with Gasteiger partial charge >= 0.3 is 0 Å². The number of rotatable bonds is 2. The molecule has 0 radical (unpaired) electrons. The average Bonchev–Trinajstić information content (AvgIpc) is 2.68. The molecule has 2 rings (SSSR count). The number of amides is 1. The van der Waals surface area contributed by atoms with Crippen LogP contribution in [0.4, 0.5) is 10.1 Å². The molecular weight excluding hydrogens is 253 g/mol. The lowest BCUT2D eigenvalue weighted by Crippen LogP contribution is -2.11. The van der Waals surface area contributed by atoms with Crippen molar-refractivity contribution in [2.45, 2.75) is 0 Å². The van der Waals surface area contributed by atoms with E-state index >= 15 is 0 Å². The van der Waals surface area contributed by atoms with E-state index in [0.29, 0.717) is 10.8 Å². The standard InChI is InChI=1S/C9H5ClFN3OS/c10-6-2-1-5(3-12-6)13-8(15)9-14-7(11)4-16-9/h1-4H,(H,13,15). The summed E-state index contributed by atoms with van der Waals surface area (Å²) in [5, 5.41) is 4.08. The van der Waals surface area contributed by atoms with Crippen molar-refractivity contribution in [3.05, 3.63) is 39.8 Å². The Kier molecular flexibility index (Phi) is 3.12. The number of nitrogens with zero attached hydrogens (tertiary/aromatic N) is 2. The van der Waals surface area contributed by atoms with E-state index in [1.165, 1.54) is 6.20 Å². The molecule has 0 atom stereocenters. The molecule has 0 fully saturated rings. The number of halogens is 2. The van der Waals surface area contributed by atoms with E-state index in [1.54, 1.807) is 12.1 Å². The van der Waals surface area contributed by atoms with Crippen LogP contribution in [0.3, 0.4) is 0 Å². The maximum atomic E-state index is 12.6. The van der Waals surface area contributed by atoms with Crippen molar-refractivity contribution in [1.29, 1.82) is 0 Å². The summed E-state index contributed by atoms with van der Waals surface area (Å²) in [5.74, 6) is -1.14. The van der Waals surface area contributed by atoms with Gasteiger partial charge in [0.2, 0.25) is 5.95 Å². The van der Waals surface area contributed by atoms with Crippen LogP contribution in [-0.4, -0.2) is 15.9 Å². The van der Waals surface area contributed by atoms with Crippen LogP contribution in [0.15, 0.2) is 23.7 Å². The van der Waals surface area contributed by atoms with Gasteiger partial charge in [0, 0.05) is 5.38 Å². The van der Waals surface area contributed by atoms with Gasteiger partial charge in [0.25, 0.3) is 5.91 Å². The molecule has 0 spiro atoms. The summed E-state index contributed by atoms with van der Waals surface area (Å²) in [7, 11) is 0. The first-order chi connectivity index (χ1) is 7.65. The van der Waals surface area contributed by atoms with Gasteiger partial charge in [0.15, 0.2) is 5.01 Å². The van der Waals surface area contributed by atoms with Crippen LogP contribution in [0.25, 0.3) is 0 Å². The highest BCUT2D eigenvalue weighted by atomic mass is 35.5. The van der Waals surface area contributed by atoms with E-state index in [-0.39, 0.29) is 5.01 Å². The summed E-state index contributed by atoms with van der Waals surface area (Å²) in [6.07, 6.45) is 1.41. The molecule has 0 aliphatic rings. The molecule has 4 nitrogen and oxygen atoms in total. The quantitative estimate of drug-likeness (QED) is 0.842. The van der Waals surface area contributed by atoms with Gasteiger partial charge in [-0.15, -0.1) is 11.3 Å². The number of nitrogens with one attached hydrogen (secondary N) is 1. The Bertz CT molecular complexity index is 514. The second kappa shape index (κ2) is 4.54. The molecule has 0 unspecified atom stereocenters. The molecule has 82 valence electrons. The zero-order valence-electron chi connectivity index (χ0n) is 7.78. The Balaban J connectivity index is 2.10. The molecule has 1 N–H and O–H groups in total. The maximum Gasteiger partial charge on any atom is 0.284 e. The van der Waals surface area contributed by atoms with E-state index in [1.807, 2.05) is 0 Å². The molecule has 0 aromatic carbocycles. The number of hydrogen-bond donors (Lipinski definition) is 1. The number of thiazole rings is 1. The van der Waals surface area contributed by atoms with Crippen molar-refractivity contribution in [3.63, 3.8) is 0 Å². The van der Waals surface area contributed by atoms with E-state index in [9.17, 15) is 9.18 Å². The number of pyridine rings is 1. The minimum atomic E-state index is -0.663. The highest BCUT2D eigenvalue weighted by Crippen LogP contribution is 2.13. The fourth-order valence-electron chi connectivity index (χ4n) is 0.993. The summed E-state index contributed by atoms with van der Waals surface area (Å²) in [6.45, 7) is 0. The predicted octanol–water partition coefficient (Wildman–Crippen LogP) is 2.58. The zero-order chi connectivity index (χ0) is 11.5. The largest absolute Gasteiger partial charge is 0.319 e. The molecule has 0 aliphatic carbocycles. The maximum absolute atomic E-state index is 12.6. The van der Waals surface area contributed by atoms with E-state index in [2.05, 4.69) is 15.3 Å². The third kappa shape index (κ3) is 2.53. The van der Waals surface area contributed by atoms with Crippen molar-refractivity contribution >= 4 is 34.5 Å². The van der Waals surface area contributed by atoms with Gasteiger partial charge in [-0.2, -0.15) is 4.39 Å². The Morgan fingerprint density at radius 2 is 2.31 bits per heavy atom. The summed E-state index contributed by atoms with van der Waals surface area (Å²) in [6, 6.07) is 3.14. The molecule has 1 amide bonds. The fraction of sp³-hybridized carbons (Fsp3) is 0. The normalized spacial score (nSPS) is 10.1. The van der Waals surface area contributed by atoms with Crippen LogP contribution >= 0.6 is 22.9 Å². The first-order valence-corrected chi connectivity index (χ1v) is 5.45. The van der Waals surface area contributed by atoms with Gasteiger partial charge in [-0.25, -0.2) is 9.97 Å². The predicted molar refractivity (Wildman–Crippen MR) is 59.3 cm³/mol. The Labute approximate surface area is 99.1 Å². The Morgan fingerprint density at radius 1 is 1.50 bits per heavy atom. The van der Waals surface area contributed by atoms with Crippen molar-refractivity contribution < 1.29 is 9.18 Å². The number of anilines is 1. The zero-order valence-corrected chi connectivity index (χ0v) is 9.35. The summed E-state index contributed by atoms with van der Waals surface area (Å²) in [5.41, 5.74) is 0.477. The van der Waals surface area contributed by atoms with Crippen LogP contribution in [0.1, 0.15) is 9.80 Å². The number of aromatic nitrogens is 2. The SMILES string of the molecule is O=C(Nc1ccc(Cl)nc1)c1nc(F)cs1. The molecule has 0 saturated carbocycles. The first-order valence-electron chi connectivity index (χ1n) is 4.19. The van der Waals surface area contributed by atoms with Crippen molar-refractivity contribution in [1.82, 2.24) is 9.97 Å². The minimum Gasteiger partial charge on any atom is -0.319 e. The summed E-state index contributed by atoms with van der Waals surface area (Å²) in [4.78, 5) is 18.7. The summed E-state index contributed by atoms with van der Waals surface area (Å²) < 4.78 is 12.6. The smallest absolute Gasteiger partial charge is 0.284 e. The lowest BCUT2D eigenvalue weighted by atomic mass is 10.4. The third-order valence-corrected chi connectivity index (χ3v) is 2.69. The molecule has 2 heterocycles. The van der Waals surface area contributed by atoms with Gasteiger partial charge in [-0.3, -0.25) is 4.79 Å². The topological polar surface area (TPSA) is 54.9 Å². The molecule has 0 bridgehead atoms. The molecule has 2 aromatic rings. The number of carbonyl (C=O) groups is 1. The van der Waals surface area contributed by atoms with Crippen molar-refractivity contribution in [3.8, 4) is 0 Å². The minimum absolute atomic E-state index is 0.0625. The second-order valence-electron chi connectivity index (χ2n) is 2.80. The Morgan fingerprint density at radius 3 is 2.88 bits per heavy atom. The third-order valence-electron chi connectivity index (χ3n) is 1.66. The average molecular weight is 258 g/mol. The van der Waals surface area contributed by atoms with Gasteiger partial charge in [0.1, 0.15) is 5.15 Å². The Hall–Kier alpha value is -1.53. The van der Waals surface area contributed by atoms with Crippen molar-refractivity contribution in [2.75, 3.05) is 5.32 Å². The van der Waals surface area contributed by atoms with Crippen LogP contribution in [-0.2, 0) is 0 Å². The lowest BCUT2D eigenvalue weighted by Gasteiger charge is -2.01. The highest BCUT2D eigenvalue weighted by Gasteiger charge is 2.11. The molecular formula is C9H5ClFN3OS. The van der Waals surface area contributed by atoms with Crippen molar-refractivity contribution in [2.24, 2.45) is 0 Å². The van der Waals surface area contributed by atoms with E-state index in [4.69, 9.17) is 11.6 Å². The van der Waals surface area contributed by atoms with E-state index in [0.717, 1.165) is 16.7 Å². The van der Waals surface area contributed by atoms with Crippen LogP contribution in [0, 0.1) is 5.95 Å². The molecule has 0 saturated heterocycles.